The van der Waals surface area contributed by atoms with Crippen molar-refractivity contribution in [3.8, 4) is 33.4 Å². The van der Waals surface area contributed by atoms with Crippen molar-refractivity contribution in [2.75, 3.05) is 4.90 Å². The maximum atomic E-state index is 2.42. The van der Waals surface area contributed by atoms with E-state index in [1.807, 2.05) is 0 Å². The summed E-state index contributed by atoms with van der Waals surface area (Å²) < 4.78 is 0. The number of rotatable bonds is 4. The molecule has 1 spiro atoms. The van der Waals surface area contributed by atoms with E-state index in [0.717, 1.165) is 17.1 Å². The molecule has 52 heavy (non-hydrogen) atoms. The first kappa shape index (κ1) is 29.1. The minimum atomic E-state index is -0.347. The van der Waals surface area contributed by atoms with Gasteiger partial charge in [0, 0.05) is 17.1 Å². The third-order valence-corrected chi connectivity index (χ3v) is 11.4. The smallest absolute Gasteiger partial charge is 0.0725 e. The van der Waals surface area contributed by atoms with Crippen LogP contribution in [0, 0.1) is 0 Å². The molecule has 242 valence electrons. The van der Waals surface area contributed by atoms with Crippen LogP contribution in [0.2, 0.25) is 0 Å². The number of para-hydroxylation sites is 1. The number of anilines is 3. The van der Waals surface area contributed by atoms with E-state index in [4.69, 9.17) is 0 Å². The molecular weight excluding hydrogens is 627 g/mol. The standard InChI is InChI=1S/C51H33N/c1-2-15-38(16-3-1)52(39-28-27-35-31-37(26-25-36(35)32-39)42-21-12-14-34-13-4-5-17-41(34)42)40-29-30-50-46(33-40)45-20-8-11-24-49(45)51(50)47-22-9-6-18-43(47)44-19-7-10-23-48(44)51/h1-33H. The number of nitrogens with zero attached hydrogens (tertiary/aromatic N) is 1. The molecule has 0 bridgehead atoms. The van der Waals surface area contributed by atoms with Gasteiger partial charge in [0.05, 0.1) is 5.41 Å². The van der Waals surface area contributed by atoms with Crippen molar-refractivity contribution >= 4 is 38.6 Å². The number of benzene rings is 9. The Labute approximate surface area is 303 Å². The van der Waals surface area contributed by atoms with Gasteiger partial charge in [-0.15, -0.1) is 0 Å². The number of fused-ring (bicyclic) bond motifs is 12. The molecule has 9 aromatic carbocycles. The zero-order chi connectivity index (χ0) is 34.2. The van der Waals surface area contributed by atoms with E-state index < -0.39 is 0 Å². The molecule has 0 radical (unpaired) electrons. The molecule has 0 aromatic heterocycles. The largest absolute Gasteiger partial charge is 0.310 e. The highest BCUT2D eigenvalue weighted by atomic mass is 15.1. The van der Waals surface area contributed by atoms with Gasteiger partial charge in [0.25, 0.3) is 0 Å². The highest BCUT2D eigenvalue weighted by Crippen LogP contribution is 2.63. The van der Waals surface area contributed by atoms with Crippen molar-refractivity contribution in [1.82, 2.24) is 0 Å². The molecule has 1 nitrogen and oxygen atoms in total. The van der Waals surface area contributed by atoms with Crippen LogP contribution in [0.5, 0.6) is 0 Å². The summed E-state index contributed by atoms with van der Waals surface area (Å²) in [5, 5.41) is 4.98. The van der Waals surface area contributed by atoms with Gasteiger partial charge in [0.15, 0.2) is 0 Å². The molecule has 0 unspecified atom stereocenters. The predicted octanol–water partition coefficient (Wildman–Crippen LogP) is 13.5. The van der Waals surface area contributed by atoms with Crippen LogP contribution in [0.3, 0.4) is 0 Å². The fraction of sp³-hybridized carbons (Fsp3) is 0.0196. The molecule has 9 aromatic rings. The molecule has 2 aliphatic carbocycles. The lowest BCUT2D eigenvalue weighted by atomic mass is 9.70. The van der Waals surface area contributed by atoms with Crippen LogP contribution >= 0.6 is 0 Å². The first-order valence-corrected chi connectivity index (χ1v) is 18.1. The average Bonchev–Trinajstić information content (AvgIpc) is 3.68. The Hall–Kier alpha value is -6.70. The third kappa shape index (κ3) is 4.05. The summed E-state index contributed by atoms with van der Waals surface area (Å²) in [6, 6.07) is 73.9. The average molecular weight is 660 g/mol. The number of hydrogen-bond acceptors (Lipinski definition) is 1. The summed E-state index contributed by atoms with van der Waals surface area (Å²) in [4.78, 5) is 2.41. The Morgan fingerprint density at radius 2 is 0.808 bits per heavy atom. The summed E-state index contributed by atoms with van der Waals surface area (Å²) >= 11 is 0. The molecular formula is C51H33N. The second-order valence-corrected chi connectivity index (χ2v) is 14.1. The first-order valence-electron chi connectivity index (χ1n) is 18.1. The van der Waals surface area contributed by atoms with E-state index in [1.54, 1.807) is 0 Å². The van der Waals surface area contributed by atoms with E-state index in [-0.39, 0.29) is 5.41 Å². The highest BCUT2D eigenvalue weighted by molar-refractivity contribution is 6.00. The van der Waals surface area contributed by atoms with Crippen molar-refractivity contribution in [3.63, 3.8) is 0 Å². The lowest BCUT2D eigenvalue weighted by Crippen LogP contribution is -2.25. The van der Waals surface area contributed by atoms with Gasteiger partial charge in [-0.3, -0.25) is 0 Å². The van der Waals surface area contributed by atoms with Gasteiger partial charge in [-0.1, -0.05) is 158 Å². The van der Waals surface area contributed by atoms with Gasteiger partial charge in [0.1, 0.15) is 0 Å². The maximum Gasteiger partial charge on any atom is 0.0725 e. The zero-order valence-electron chi connectivity index (χ0n) is 28.5. The van der Waals surface area contributed by atoms with E-state index in [9.17, 15) is 0 Å². The third-order valence-electron chi connectivity index (χ3n) is 11.4. The number of hydrogen-bond donors (Lipinski definition) is 0. The summed E-state index contributed by atoms with van der Waals surface area (Å²) in [5.74, 6) is 0. The first-order chi connectivity index (χ1) is 25.8. The van der Waals surface area contributed by atoms with Gasteiger partial charge < -0.3 is 4.90 Å². The van der Waals surface area contributed by atoms with Gasteiger partial charge in [-0.05, 0) is 120 Å². The van der Waals surface area contributed by atoms with Crippen molar-refractivity contribution in [3.05, 3.63) is 222 Å². The fourth-order valence-corrected chi connectivity index (χ4v) is 9.27. The maximum absolute atomic E-state index is 2.42. The Morgan fingerprint density at radius 3 is 1.56 bits per heavy atom. The van der Waals surface area contributed by atoms with Gasteiger partial charge >= 0.3 is 0 Å². The fourth-order valence-electron chi connectivity index (χ4n) is 9.27. The van der Waals surface area contributed by atoms with Crippen LogP contribution in [0.25, 0.3) is 54.9 Å². The topological polar surface area (TPSA) is 3.24 Å². The summed E-state index contributed by atoms with van der Waals surface area (Å²) in [5.41, 5.74) is 16.3. The quantitative estimate of drug-likeness (QED) is 0.182. The second kappa shape index (κ2) is 11.2. The molecule has 0 fully saturated rings. The van der Waals surface area contributed by atoms with Crippen molar-refractivity contribution in [2.45, 2.75) is 5.41 Å². The van der Waals surface area contributed by atoms with Crippen LogP contribution in [0.1, 0.15) is 22.3 Å². The minimum Gasteiger partial charge on any atom is -0.310 e. The summed E-state index contributed by atoms with van der Waals surface area (Å²) in [6.07, 6.45) is 0. The van der Waals surface area contributed by atoms with Gasteiger partial charge in [-0.2, -0.15) is 0 Å². The Bertz CT molecular complexity index is 2810. The molecule has 0 saturated carbocycles. The summed E-state index contributed by atoms with van der Waals surface area (Å²) in [6.45, 7) is 0. The molecule has 0 atom stereocenters. The Kier molecular flexibility index (Phi) is 6.23. The highest BCUT2D eigenvalue weighted by Gasteiger charge is 2.51. The predicted molar refractivity (Wildman–Crippen MR) is 218 cm³/mol. The lowest BCUT2D eigenvalue weighted by Gasteiger charge is -2.31. The van der Waals surface area contributed by atoms with Gasteiger partial charge in [-0.25, -0.2) is 0 Å². The molecule has 0 amide bonds. The molecule has 1 heteroatoms. The monoisotopic (exact) mass is 659 g/mol. The second-order valence-electron chi connectivity index (χ2n) is 14.1. The van der Waals surface area contributed by atoms with Crippen molar-refractivity contribution in [1.29, 1.82) is 0 Å². The molecule has 2 aliphatic rings. The Morgan fingerprint density at radius 1 is 0.288 bits per heavy atom. The molecule has 0 heterocycles. The molecule has 0 aliphatic heterocycles. The van der Waals surface area contributed by atoms with Crippen LogP contribution in [0.15, 0.2) is 200 Å². The van der Waals surface area contributed by atoms with E-state index in [0.29, 0.717) is 0 Å². The molecule has 0 N–H and O–H groups in total. The van der Waals surface area contributed by atoms with Gasteiger partial charge in [0.2, 0.25) is 0 Å². The van der Waals surface area contributed by atoms with Crippen LogP contribution in [-0.4, -0.2) is 0 Å². The SMILES string of the molecule is c1ccc(N(c2ccc3c(c2)-c2ccccc2C32c3ccccc3-c3ccccc32)c2ccc3cc(-c4cccc5ccccc45)ccc3c2)cc1. The van der Waals surface area contributed by atoms with Crippen molar-refractivity contribution in [2.24, 2.45) is 0 Å². The lowest BCUT2D eigenvalue weighted by molar-refractivity contribution is 0.794. The van der Waals surface area contributed by atoms with E-state index in [1.165, 1.54) is 77.2 Å². The molecule has 11 rings (SSSR count). The minimum absolute atomic E-state index is 0.347. The zero-order valence-corrected chi connectivity index (χ0v) is 28.5. The normalized spacial score (nSPS) is 13.2. The Balaban J connectivity index is 1.08. The van der Waals surface area contributed by atoms with Crippen LogP contribution < -0.4 is 4.90 Å². The molecule has 0 saturated heterocycles. The summed E-state index contributed by atoms with van der Waals surface area (Å²) in [7, 11) is 0. The van der Waals surface area contributed by atoms with Crippen LogP contribution in [0.4, 0.5) is 17.1 Å². The van der Waals surface area contributed by atoms with E-state index >= 15 is 0 Å². The van der Waals surface area contributed by atoms with Crippen molar-refractivity contribution < 1.29 is 0 Å². The van der Waals surface area contributed by atoms with E-state index in [2.05, 4.69) is 205 Å². The van der Waals surface area contributed by atoms with Crippen LogP contribution in [-0.2, 0) is 5.41 Å².